The molecular weight excluding hydrogens is 384 g/mol. The number of hydrogen-bond acceptors (Lipinski definition) is 6. The number of nitrogens with one attached hydrogen (secondary N) is 1. The minimum absolute atomic E-state index is 0.0644. The predicted octanol–water partition coefficient (Wildman–Crippen LogP) is 2.29. The van der Waals surface area contributed by atoms with Crippen LogP contribution in [0.25, 0.3) is 11.3 Å². The molecule has 0 aliphatic carbocycles. The number of nitrogens with zero attached hydrogens (tertiary/aromatic N) is 3. The number of anilines is 1. The average Bonchev–Trinajstić information content (AvgIpc) is 2.76. The van der Waals surface area contributed by atoms with Crippen LogP contribution in [0.3, 0.4) is 0 Å². The van der Waals surface area contributed by atoms with Crippen molar-refractivity contribution in [3.63, 3.8) is 0 Å². The van der Waals surface area contributed by atoms with E-state index in [0.717, 1.165) is 10.2 Å². The van der Waals surface area contributed by atoms with Gasteiger partial charge >= 0.3 is 5.97 Å². The molecule has 0 atom stereocenters. The number of benzene rings is 2. The van der Waals surface area contributed by atoms with Gasteiger partial charge in [-0.1, -0.05) is 24.3 Å². The van der Waals surface area contributed by atoms with Crippen molar-refractivity contribution in [2.24, 2.45) is 7.05 Å². The molecule has 0 radical (unpaired) electrons. The molecule has 3 aromatic rings. The molecule has 8 heteroatoms. The zero-order valence-electron chi connectivity index (χ0n) is 16.4. The molecular formula is C22H18N4O4. The fourth-order valence-corrected chi connectivity index (χ4v) is 2.77. The molecule has 1 aromatic heterocycles. The normalized spacial score (nSPS) is 10.2. The van der Waals surface area contributed by atoms with Crippen LogP contribution in [0.15, 0.2) is 59.4 Å². The maximum Gasteiger partial charge on any atom is 0.309 e. The molecule has 3 rings (SSSR count). The number of methoxy groups -OCH3 is 1. The van der Waals surface area contributed by atoms with Crippen molar-refractivity contribution in [3.05, 3.63) is 81.6 Å². The van der Waals surface area contributed by atoms with Crippen molar-refractivity contribution in [3.8, 4) is 17.3 Å². The van der Waals surface area contributed by atoms with Crippen LogP contribution in [0.2, 0.25) is 0 Å². The van der Waals surface area contributed by atoms with E-state index in [1.54, 1.807) is 48.5 Å². The number of hydrogen-bond donors (Lipinski definition) is 1. The standard InChI is InChI=1S/C22H18N4O4/c1-26-22(29)18(12-19(25-26)16-7-3-15(13-23)4-8-16)21(28)24-17-9-5-14(6-10-17)11-20(27)30-2/h3-10,12H,11H2,1-2H3,(H,24,28). The first-order chi connectivity index (χ1) is 14.4. The van der Waals surface area contributed by atoms with E-state index in [9.17, 15) is 14.4 Å². The maximum absolute atomic E-state index is 12.7. The van der Waals surface area contributed by atoms with Crippen molar-refractivity contribution >= 4 is 17.6 Å². The van der Waals surface area contributed by atoms with Crippen molar-refractivity contribution < 1.29 is 14.3 Å². The Morgan fingerprint density at radius 1 is 1.13 bits per heavy atom. The van der Waals surface area contributed by atoms with E-state index in [2.05, 4.69) is 15.2 Å². The molecule has 0 fully saturated rings. The van der Waals surface area contributed by atoms with Crippen LogP contribution >= 0.6 is 0 Å². The van der Waals surface area contributed by atoms with Crippen LogP contribution in [0.5, 0.6) is 0 Å². The Balaban J connectivity index is 1.85. The van der Waals surface area contributed by atoms with E-state index in [1.165, 1.54) is 20.2 Å². The Kier molecular flexibility index (Phi) is 6.03. The molecule has 0 unspecified atom stereocenters. The highest BCUT2D eigenvalue weighted by Gasteiger charge is 2.16. The van der Waals surface area contributed by atoms with E-state index in [-0.39, 0.29) is 18.0 Å². The molecule has 0 aliphatic rings. The lowest BCUT2D eigenvalue weighted by molar-refractivity contribution is -0.139. The summed E-state index contributed by atoms with van der Waals surface area (Å²) < 4.78 is 5.72. The summed E-state index contributed by atoms with van der Waals surface area (Å²) >= 11 is 0. The molecule has 1 N–H and O–H groups in total. The number of carbonyl (C=O) groups excluding carboxylic acids is 2. The van der Waals surface area contributed by atoms with Gasteiger partial charge < -0.3 is 10.1 Å². The van der Waals surface area contributed by atoms with Crippen LogP contribution in [0, 0.1) is 11.3 Å². The number of rotatable bonds is 5. The highest BCUT2D eigenvalue weighted by Crippen LogP contribution is 2.18. The van der Waals surface area contributed by atoms with Crippen LogP contribution in [0.1, 0.15) is 21.5 Å². The Hall–Kier alpha value is -4.25. The summed E-state index contributed by atoms with van der Waals surface area (Å²) in [5, 5.41) is 15.8. The zero-order chi connectivity index (χ0) is 21.7. The fourth-order valence-electron chi connectivity index (χ4n) is 2.77. The second-order valence-corrected chi connectivity index (χ2v) is 6.47. The zero-order valence-corrected chi connectivity index (χ0v) is 16.4. The van der Waals surface area contributed by atoms with Crippen LogP contribution < -0.4 is 10.9 Å². The van der Waals surface area contributed by atoms with Gasteiger partial charge in [0.15, 0.2) is 0 Å². The summed E-state index contributed by atoms with van der Waals surface area (Å²) in [6, 6.07) is 16.8. The molecule has 8 nitrogen and oxygen atoms in total. The molecule has 150 valence electrons. The molecule has 0 saturated heterocycles. The van der Waals surface area contributed by atoms with Gasteiger partial charge in [0.1, 0.15) is 5.56 Å². The smallest absolute Gasteiger partial charge is 0.309 e. The third-order valence-corrected chi connectivity index (χ3v) is 4.41. The maximum atomic E-state index is 12.7. The molecule has 1 amide bonds. The van der Waals surface area contributed by atoms with Crippen LogP contribution in [-0.2, 0) is 23.0 Å². The van der Waals surface area contributed by atoms with Gasteiger partial charge in [0, 0.05) is 18.3 Å². The van der Waals surface area contributed by atoms with Gasteiger partial charge in [-0.15, -0.1) is 0 Å². The quantitative estimate of drug-likeness (QED) is 0.655. The summed E-state index contributed by atoms with van der Waals surface area (Å²) in [5.74, 6) is -0.934. The number of esters is 1. The topological polar surface area (TPSA) is 114 Å². The molecule has 0 saturated carbocycles. The Bertz CT molecular complexity index is 1190. The SMILES string of the molecule is COC(=O)Cc1ccc(NC(=O)c2cc(-c3ccc(C#N)cc3)nn(C)c2=O)cc1. The lowest BCUT2D eigenvalue weighted by Crippen LogP contribution is -2.29. The third-order valence-electron chi connectivity index (χ3n) is 4.41. The average molecular weight is 402 g/mol. The lowest BCUT2D eigenvalue weighted by atomic mass is 10.1. The van der Waals surface area contributed by atoms with Crippen molar-refractivity contribution in [1.82, 2.24) is 9.78 Å². The summed E-state index contributed by atoms with van der Waals surface area (Å²) in [4.78, 5) is 36.5. The number of ether oxygens (including phenoxy) is 1. The second kappa shape index (κ2) is 8.84. The monoisotopic (exact) mass is 402 g/mol. The van der Waals surface area contributed by atoms with E-state index >= 15 is 0 Å². The lowest BCUT2D eigenvalue weighted by Gasteiger charge is -2.09. The van der Waals surface area contributed by atoms with Gasteiger partial charge in [0.25, 0.3) is 11.5 Å². The highest BCUT2D eigenvalue weighted by atomic mass is 16.5. The minimum Gasteiger partial charge on any atom is -0.469 e. The van der Waals surface area contributed by atoms with E-state index in [1.807, 2.05) is 6.07 Å². The first-order valence-electron chi connectivity index (χ1n) is 8.97. The summed E-state index contributed by atoms with van der Waals surface area (Å²) in [7, 11) is 2.78. The molecule has 30 heavy (non-hydrogen) atoms. The Labute approximate surface area is 172 Å². The van der Waals surface area contributed by atoms with Gasteiger partial charge in [0.05, 0.1) is 30.9 Å². The van der Waals surface area contributed by atoms with Gasteiger partial charge in [-0.05, 0) is 35.9 Å². The molecule has 0 bridgehead atoms. The van der Waals surface area contributed by atoms with Crippen molar-refractivity contribution in [2.75, 3.05) is 12.4 Å². The van der Waals surface area contributed by atoms with Gasteiger partial charge in [-0.25, -0.2) is 4.68 Å². The third kappa shape index (κ3) is 4.59. The molecule has 0 spiro atoms. The van der Waals surface area contributed by atoms with Crippen molar-refractivity contribution in [2.45, 2.75) is 6.42 Å². The van der Waals surface area contributed by atoms with Crippen LogP contribution in [0.4, 0.5) is 5.69 Å². The van der Waals surface area contributed by atoms with Gasteiger partial charge in [0.2, 0.25) is 0 Å². The van der Waals surface area contributed by atoms with Gasteiger partial charge in [-0.3, -0.25) is 14.4 Å². The molecule has 1 heterocycles. The second-order valence-electron chi connectivity index (χ2n) is 6.47. The first-order valence-corrected chi connectivity index (χ1v) is 8.97. The fraction of sp³-hybridized carbons (Fsp3) is 0.136. The Morgan fingerprint density at radius 2 is 1.80 bits per heavy atom. The number of aryl methyl sites for hydroxylation is 1. The largest absolute Gasteiger partial charge is 0.469 e. The summed E-state index contributed by atoms with van der Waals surface area (Å²) in [5.41, 5.74) is 2.22. The first kappa shape index (κ1) is 20.5. The number of amides is 1. The summed E-state index contributed by atoms with van der Waals surface area (Å²) in [6.07, 6.45) is 0.129. The number of nitriles is 1. The molecule has 0 aliphatic heterocycles. The van der Waals surface area contributed by atoms with E-state index < -0.39 is 11.5 Å². The van der Waals surface area contributed by atoms with Crippen LogP contribution in [-0.4, -0.2) is 28.8 Å². The molecule has 2 aromatic carbocycles. The van der Waals surface area contributed by atoms with E-state index in [4.69, 9.17) is 5.26 Å². The van der Waals surface area contributed by atoms with Gasteiger partial charge in [-0.2, -0.15) is 10.4 Å². The minimum atomic E-state index is -0.575. The highest BCUT2D eigenvalue weighted by molar-refractivity contribution is 6.04. The Morgan fingerprint density at radius 3 is 2.40 bits per heavy atom. The predicted molar refractivity (Wildman–Crippen MR) is 110 cm³/mol. The summed E-state index contributed by atoms with van der Waals surface area (Å²) in [6.45, 7) is 0. The van der Waals surface area contributed by atoms with Crippen molar-refractivity contribution in [1.29, 1.82) is 5.26 Å². The van der Waals surface area contributed by atoms with E-state index in [0.29, 0.717) is 22.5 Å². The number of carbonyl (C=O) groups is 2. The number of aromatic nitrogens is 2.